The van der Waals surface area contributed by atoms with Crippen LogP contribution in [0.15, 0.2) is 78.9 Å². The van der Waals surface area contributed by atoms with Gasteiger partial charge in [0.05, 0.1) is 6.61 Å². The number of alkyl carbamates (subject to hydrolysis) is 1. The SMILES string of the molecule is CCOc1ccc(C[C@@H](NC(=O)c2ccc(Cl)cc2)C(=O)N[C@@H](Cc2ccccc2)C(=O)NCC23CCC(CNC(=O)OC(C)(C)C)(CC2)CC3)cc1. The van der Waals surface area contributed by atoms with E-state index in [1.165, 1.54) is 0 Å². The second-order valence-electron chi connectivity index (χ2n) is 15.6. The van der Waals surface area contributed by atoms with Crippen molar-refractivity contribution in [2.24, 2.45) is 10.8 Å². The Morgan fingerprint density at radius 1 is 0.698 bits per heavy atom. The van der Waals surface area contributed by atoms with E-state index in [0.29, 0.717) is 36.0 Å². The Labute approximate surface area is 318 Å². The Balaban J connectivity index is 1.26. The molecular weight excluding hydrogens is 692 g/mol. The van der Waals surface area contributed by atoms with Crippen LogP contribution in [0.3, 0.4) is 0 Å². The highest BCUT2D eigenvalue weighted by Gasteiger charge is 2.49. The molecule has 2 atom stereocenters. The highest BCUT2D eigenvalue weighted by molar-refractivity contribution is 6.30. The number of ether oxygens (including phenoxy) is 2. The van der Waals surface area contributed by atoms with Crippen LogP contribution in [0.25, 0.3) is 0 Å². The average molecular weight is 745 g/mol. The van der Waals surface area contributed by atoms with Gasteiger partial charge in [0.15, 0.2) is 0 Å². The first-order valence-electron chi connectivity index (χ1n) is 18.6. The number of nitrogens with one attached hydrogen (secondary N) is 4. The number of hydrogen-bond donors (Lipinski definition) is 4. The van der Waals surface area contributed by atoms with Crippen molar-refractivity contribution in [2.75, 3.05) is 19.7 Å². The molecule has 0 spiro atoms. The van der Waals surface area contributed by atoms with Gasteiger partial charge in [-0.2, -0.15) is 0 Å². The largest absolute Gasteiger partial charge is 0.494 e. The van der Waals surface area contributed by atoms with E-state index < -0.39 is 29.5 Å². The van der Waals surface area contributed by atoms with Gasteiger partial charge >= 0.3 is 6.09 Å². The first-order valence-corrected chi connectivity index (χ1v) is 19.0. The summed E-state index contributed by atoms with van der Waals surface area (Å²) < 4.78 is 11.0. The zero-order valence-corrected chi connectivity index (χ0v) is 32.0. The number of hydrogen-bond acceptors (Lipinski definition) is 6. The van der Waals surface area contributed by atoms with Gasteiger partial charge in [0.1, 0.15) is 23.4 Å². The second kappa shape index (κ2) is 17.5. The molecule has 0 heterocycles. The van der Waals surface area contributed by atoms with Crippen LogP contribution < -0.4 is 26.0 Å². The van der Waals surface area contributed by atoms with Crippen molar-refractivity contribution in [1.82, 2.24) is 21.3 Å². The van der Waals surface area contributed by atoms with E-state index in [1.807, 2.05) is 82.3 Å². The van der Waals surface area contributed by atoms with Crippen LogP contribution in [0, 0.1) is 10.8 Å². The van der Waals surface area contributed by atoms with Crippen LogP contribution in [0.4, 0.5) is 4.79 Å². The second-order valence-corrected chi connectivity index (χ2v) is 16.1. The average Bonchev–Trinajstić information content (AvgIpc) is 3.14. The molecule has 4 N–H and O–H groups in total. The molecule has 0 aromatic heterocycles. The molecule has 3 aliphatic carbocycles. The molecule has 2 bridgehead atoms. The van der Waals surface area contributed by atoms with Crippen molar-refractivity contribution in [1.29, 1.82) is 0 Å². The van der Waals surface area contributed by atoms with Crippen molar-refractivity contribution in [2.45, 2.75) is 96.7 Å². The quantitative estimate of drug-likeness (QED) is 0.135. The molecular formula is C42H53ClN4O6. The number of rotatable bonds is 15. The fraction of sp³-hybridized carbons (Fsp3) is 0.476. The molecule has 3 aromatic carbocycles. The lowest BCUT2D eigenvalue weighted by Crippen LogP contribution is -2.57. The van der Waals surface area contributed by atoms with E-state index in [2.05, 4.69) is 21.3 Å². The zero-order valence-electron chi connectivity index (χ0n) is 31.3. The van der Waals surface area contributed by atoms with E-state index in [1.54, 1.807) is 24.3 Å². The molecule has 3 aliphatic rings. The minimum atomic E-state index is -0.972. The molecule has 0 saturated heterocycles. The van der Waals surface area contributed by atoms with Gasteiger partial charge < -0.3 is 30.7 Å². The van der Waals surface area contributed by atoms with E-state index in [9.17, 15) is 19.2 Å². The van der Waals surface area contributed by atoms with Crippen molar-refractivity contribution in [3.8, 4) is 5.75 Å². The molecule has 0 aliphatic heterocycles. The van der Waals surface area contributed by atoms with Crippen LogP contribution in [0.5, 0.6) is 5.75 Å². The maximum atomic E-state index is 14.1. The standard InChI is InChI=1S/C42H53ClN4O6/c1-5-52-33-17-11-30(12-18-33)26-35(46-36(48)31-13-15-32(43)16-14-31)38(50)47-34(25-29-9-7-6-8-10-29)37(49)44-27-41-19-22-42(23-20-41,24-21-41)28-45-39(51)53-40(2,3)4/h6-18,34-35H,5,19-28H2,1-4H3,(H,44,49)(H,45,51)(H,46,48)(H,47,50)/t34-,35+,41?,42?/m0/s1. The summed E-state index contributed by atoms with van der Waals surface area (Å²) in [7, 11) is 0. The smallest absolute Gasteiger partial charge is 0.407 e. The van der Waals surface area contributed by atoms with Crippen LogP contribution in [-0.4, -0.2) is 61.2 Å². The van der Waals surface area contributed by atoms with E-state index in [0.717, 1.165) is 49.7 Å². The summed E-state index contributed by atoms with van der Waals surface area (Å²) in [5.74, 6) is -0.453. The number of benzene rings is 3. The summed E-state index contributed by atoms with van der Waals surface area (Å²) in [5.41, 5.74) is 1.54. The normalized spacial score (nSPS) is 20.4. The van der Waals surface area contributed by atoms with Gasteiger partial charge in [-0.05, 0) is 125 Å². The number of halogens is 1. The molecule has 3 fully saturated rings. The van der Waals surface area contributed by atoms with Crippen molar-refractivity contribution in [3.63, 3.8) is 0 Å². The molecule has 53 heavy (non-hydrogen) atoms. The third kappa shape index (κ3) is 11.5. The fourth-order valence-corrected chi connectivity index (χ4v) is 7.48. The van der Waals surface area contributed by atoms with Gasteiger partial charge in [-0.3, -0.25) is 14.4 Å². The van der Waals surface area contributed by atoms with E-state index >= 15 is 0 Å². The lowest BCUT2D eigenvalue weighted by molar-refractivity contribution is -0.130. The molecule has 0 unspecified atom stereocenters. The molecule has 10 nitrogen and oxygen atoms in total. The molecule has 3 aromatic rings. The summed E-state index contributed by atoms with van der Waals surface area (Å²) in [6.07, 6.45) is 5.81. The van der Waals surface area contributed by atoms with E-state index in [-0.39, 0.29) is 35.7 Å². The first kappa shape index (κ1) is 39.6. The third-order valence-electron chi connectivity index (χ3n) is 10.5. The lowest BCUT2D eigenvalue weighted by Gasteiger charge is -2.53. The number of fused-ring (bicyclic) bond motifs is 3. The predicted octanol–water partition coefficient (Wildman–Crippen LogP) is 6.79. The topological polar surface area (TPSA) is 135 Å². The molecule has 11 heteroatoms. The molecule has 3 saturated carbocycles. The maximum absolute atomic E-state index is 14.1. The monoisotopic (exact) mass is 744 g/mol. The minimum absolute atomic E-state index is 0.0343. The Morgan fingerprint density at radius 2 is 1.23 bits per heavy atom. The van der Waals surface area contributed by atoms with Crippen molar-refractivity contribution >= 4 is 35.4 Å². The zero-order chi connectivity index (χ0) is 38.1. The Bertz CT molecular complexity index is 1680. The van der Waals surface area contributed by atoms with Gasteiger partial charge in [-0.25, -0.2) is 4.79 Å². The Kier molecular flexibility index (Phi) is 13.1. The molecule has 6 rings (SSSR count). The maximum Gasteiger partial charge on any atom is 0.407 e. The lowest BCUT2D eigenvalue weighted by atomic mass is 9.53. The van der Waals surface area contributed by atoms with Gasteiger partial charge in [0, 0.05) is 36.5 Å². The van der Waals surface area contributed by atoms with Crippen LogP contribution in [0.2, 0.25) is 5.02 Å². The van der Waals surface area contributed by atoms with Crippen LogP contribution in [0.1, 0.15) is 87.7 Å². The highest BCUT2D eigenvalue weighted by Crippen LogP contribution is 2.56. The van der Waals surface area contributed by atoms with Gasteiger partial charge in [0.2, 0.25) is 11.8 Å². The van der Waals surface area contributed by atoms with Crippen LogP contribution >= 0.6 is 11.6 Å². The van der Waals surface area contributed by atoms with Crippen LogP contribution in [-0.2, 0) is 27.2 Å². The highest BCUT2D eigenvalue weighted by atomic mass is 35.5. The summed E-state index contributed by atoms with van der Waals surface area (Å²) in [4.78, 5) is 53.8. The van der Waals surface area contributed by atoms with E-state index in [4.69, 9.17) is 21.1 Å². The summed E-state index contributed by atoms with van der Waals surface area (Å²) >= 11 is 6.05. The Hall–Kier alpha value is -4.57. The summed E-state index contributed by atoms with van der Waals surface area (Å²) in [6, 6.07) is 21.6. The van der Waals surface area contributed by atoms with Gasteiger partial charge in [-0.1, -0.05) is 54.1 Å². The number of carbonyl (C=O) groups is 4. The van der Waals surface area contributed by atoms with Gasteiger partial charge in [0.25, 0.3) is 5.91 Å². The number of carbonyl (C=O) groups excluding carboxylic acids is 4. The molecule has 284 valence electrons. The Morgan fingerprint density at radius 3 is 1.77 bits per heavy atom. The first-order chi connectivity index (χ1) is 25.3. The van der Waals surface area contributed by atoms with Crippen molar-refractivity contribution in [3.05, 3.63) is 101 Å². The predicted molar refractivity (Wildman–Crippen MR) is 206 cm³/mol. The fourth-order valence-electron chi connectivity index (χ4n) is 7.35. The molecule has 4 amide bonds. The minimum Gasteiger partial charge on any atom is -0.494 e. The third-order valence-corrected chi connectivity index (χ3v) is 10.8. The van der Waals surface area contributed by atoms with Crippen molar-refractivity contribution < 1.29 is 28.7 Å². The number of amides is 4. The summed E-state index contributed by atoms with van der Waals surface area (Å²) in [5, 5.41) is 12.6. The summed E-state index contributed by atoms with van der Waals surface area (Å²) in [6.45, 7) is 9.09. The molecule has 0 radical (unpaired) electrons. The van der Waals surface area contributed by atoms with Gasteiger partial charge in [-0.15, -0.1) is 0 Å².